The molecular weight excluding hydrogens is 226 g/mol. The molecule has 0 fully saturated rings. The number of carbonyl (C=O) groups is 1. The lowest BCUT2D eigenvalue weighted by Crippen LogP contribution is -2.06. The van der Waals surface area contributed by atoms with Crippen molar-refractivity contribution in [2.75, 3.05) is 7.11 Å². The third-order valence-corrected chi connectivity index (χ3v) is 2.70. The average molecular weight is 241 g/mol. The molecule has 0 amide bonds. The Bertz CT molecular complexity index is 547. The normalized spacial score (nSPS) is 10.1. The summed E-state index contributed by atoms with van der Waals surface area (Å²) in [7, 11) is 1.62. The molecule has 18 heavy (non-hydrogen) atoms. The van der Waals surface area contributed by atoms with Crippen molar-refractivity contribution in [2.24, 2.45) is 0 Å². The van der Waals surface area contributed by atoms with Gasteiger partial charge in [0.2, 0.25) is 0 Å². The summed E-state index contributed by atoms with van der Waals surface area (Å²) < 4.78 is 5.08. The minimum absolute atomic E-state index is 0.0314. The predicted molar refractivity (Wildman–Crippen MR) is 70.0 cm³/mol. The van der Waals surface area contributed by atoms with Crippen LogP contribution in [0.15, 0.2) is 42.5 Å². The molecule has 2 aromatic rings. The Balaban J connectivity index is 2.11. The van der Waals surface area contributed by atoms with Gasteiger partial charge < -0.3 is 4.74 Å². The van der Waals surface area contributed by atoms with Gasteiger partial charge in [-0.1, -0.05) is 18.2 Å². The molecule has 0 bridgehead atoms. The van der Waals surface area contributed by atoms with E-state index in [0.717, 1.165) is 17.0 Å². The van der Waals surface area contributed by atoms with Gasteiger partial charge in [0.15, 0.2) is 5.78 Å². The summed E-state index contributed by atoms with van der Waals surface area (Å²) in [5.74, 6) is 0.823. The molecule has 2 rings (SSSR count). The van der Waals surface area contributed by atoms with Crippen molar-refractivity contribution in [3.8, 4) is 5.75 Å². The van der Waals surface area contributed by atoms with Crippen LogP contribution in [-0.4, -0.2) is 17.9 Å². The predicted octanol–water partition coefficient (Wildman–Crippen LogP) is 2.82. The Hall–Kier alpha value is -2.16. The third-order valence-electron chi connectivity index (χ3n) is 2.70. The van der Waals surface area contributed by atoms with Crippen molar-refractivity contribution < 1.29 is 9.53 Å². The lowest BCUT2D eigenvalue weighted by atomic mass is 10.1. The van der Waals surface area contributed by atoms with Crippen molar-refractivity contribution in [3.63, 3.8) is 0 Å². The van der Waals surface area contributed by atoms with Crippen molar-refractivity contribution in [2.45, 2.75) is 13.3 Å². The van der Waals surface area contributed by atoms with Gasteiger partial charge in [-0.3, -0.25) is 9.78 Å². The first-order valence-corrected chi connectivity index (χ1v) is 5.79. The largest absolute Gasteiger partial charge is 0.497 e. The summed E-state index contributed by atoms with van der Waals surface area (Å²) in [5, 5.41) is 0. The number of aromatic nitrogens is 1. The van der Waals surface area contributed by atoms with Crippen molar-refractivity contribution in [1.82, 2.24) is 4.98 Å². The van der Waals surface area contributed by atoms with E-state index in [9.17, 15) is 4.79 Å². The van der Waals surface area contributed by atoms with Crippen LogP contribution in [0.4, 0.5) is 0 Å². The maximum Gasteiger partial charge on any atom is 0.185 e. The van der Waals surface area contributed by atoms with Crippen molar-refractivity contribution >= 4 is 5.78 Å². The Labute approximate surface area is 106 Å². The zero-order valence-electron chi connectivity index (χ0n) is 10.5. The fourth-order valence-electron chi connectivity index (χ4n) is 1.72. The standard InChI is InChI=1S/C15H15NO2/c1-11-4-3-5-14(16-11)15(17)10-12-6-8-13(18-2)9-7-12/h3-9H,10H2,1-2H3. The zero-order valence-corrected chi connectivity index (χ0v) is 10.5. The molecule has 0 N–H and O–H groups in total. The monoisotopic (exact) mass is 241 g/mol. The zero-order chi connectivity index (χ0) is 13.0. The summed E-state index contributed by atoms with van der Waals surface area (Å²) in [5.41, 5.74) is 2.34. The number of carbonyl (C=O) groups excluding carboxylic acids is 1. The van der Waals surface area contributed by atoms with Gasteiger partial charge in [-0.25, -0.2) is 0 Å². The van der Waals surface area contributed by atoms with E-state index in [4.69, 9.17) is 4.74 Å². The van der Waals surface area contributed by atoms with Gasteiger partial charge in [-0.05, 0) is 36.8 Å². The number of rotatable bonds is 4. The maximum absolute atomic E-state index is 12.0. The first-order chi connectivity index (χ1) is 8.69. The van der Waals surface area contributed by atoms with Gasteiger partial charge in [0, 0.05) is 12.1 Å². The lowest BCUT2D eigenvalue weighted by Gasteiger charge is -2.03. The summed E-state index contributed by atoms with van der Waals surface area (Å²) in [6, 6.07) is 13.0. The molecule has 0 aliphatic carbocycles. The highest BCUT2D eigenvalue weighted by Crippen LogP contribution is 2.13. The molecule has 1 aromatic carbocycles. The topological polar surface area (TPSA) is 39.2 Å². The van der Waals surface area contributed by atoms with Gasteiger partial charge in [-0.2, -0.15) is 0 Å². The van der Waals surface area contributed by atoms with Crippen LogP contribution in [0.25, 0.3) is 0 Å². The van der Waals surface area contributed by atoms with Gasteiger partial charge in [0.25, 0.3) is 0 Å². The van der Waals surface area contributed by atoms with Gasteiger partial charge in [0.05, 0.1) is 7.11 Å². The van der Waals surface area contributed by atoms with Crippen LogP contribution in [0.1, 0.15) is 21.7 Å². The third kappa shape index (κ3) is 2.94. The Morgan fingerprint density at radius 2 is 1.89 bits per heavy atom. The van der Waals surface area contributed by atoms with Crippen LogP contribution in [0, 0.1) is 6.92 Å². The number of nitrogens with zero attached hydrogens (tertiary/aromatic N) is 1. The van der Waals surface area contributed by atoms with Gasteiger partial charge in [0.1, 0.15) is 11.4 Å². The highest BCUT2D eigenvalue weighted by molar-refractivity contribution is 5.95. The lowest BCUT2D eigenvalue weighted by molar-refractivity contribution is 0.0988. The van der Waals surface area contributed by atoms with E-state index < -0.39 is 0 Å². The molecule has 0 aliphatic rings. The second-order valence-corrected chi connectivity index (χ2v) is 4.11. The van der Waals surface area contributed by atoms with E-state index in [2.05, 4.69) is 4.98 Å². The van der Waals surface area contributed by atoms with Crippen LogP contribution in [0.2, 0.25) is 0 Å². The Kier molecular flexibility index (Phi) is 3.72. The molecule has 0 saturated carbocycles. The van der Waals surface area contributed by atoms with Crippen LogP contribution in [0.5, 0.6) is 5.75 Å². The van der Waals surface area contributed by atoms with E-state index >= 15 is 0 Å². The minimum Gasteiger partial charge on any atom is -0.497 e. The minimum atomic E-state index is 0.0314. The van der Waals surface area contributed by atoms with Gasteiger partial charge >= 0.3 is 0 Å². The summed E-state index contributed by atoms with van der Waals surface area (Å²) >= 11 is 0. The molecule has 3 nitrogen and oxygen atoms in total. The molecule has 1 heterocycles. The SMILES string of the molecule is COc1ccc(CC(=O)c2cccc(C)n2)cc1. The molecule has 0 aliphatic heterocycles. The summed E-state index contributed by atoms with van der Waals surface area (Å²) in [6.07, 6.45) is 0.362. The van der Waals surface area contributed by atoms with E-state index in [0.29, 0.717) is 12.1 Å². The van der Waals surface area contributed by atoms with E-state index in [1.54, 1.807) is 13.2 Å². The molecule has 0 unspecified atom stereocenters. The van der Waals surface area contributed by atoms with Crippen LogP contribution in [-0.2, 0) is 6.42 Å². The van der Waals surface area contributed by atoms with Gasteiger partial charge in [-0.15, -0.1) is 0 Å². The second kappa shape index (κ2) is 5.45. The molecule has 1 aromatic heterocycles. The maximum atomic E-state index is 12.0. The second-order valence-electron chi connectivity index (χ2n) is 4.11. The molecule has 0 saturated heterocycles. The number of hydrogen-bond donors (Lipinski definition) is 0. The molecule has 0 atom stereocenters. The Morgan fingerprint density at radius 3 is 2.50 bits per heavy atom. The van der Waals surface area contributed by atoms with Crippen molar-refractivity contribution in [1.29, 1.82) is 0 Å². The number of ether oxygens (including phenoxy) is 1. The van der Waals surface area contributed by atoms with E-state index in [1.807, 2.05) is 43.3 Å². The first-order valence-electron chi connectivity index (χ1n) is 5.79. The molecule has 92 valence electrons. The molecular formula is C15H15NO2. The number of ketones is 1. The summed E-state index contributed by atoms with van der Waals surface area (Å²) in [6.45, 7) is 1.88. The number of aryl methyl sites for hydroxylation is 1. The van der Waals surface area contributed by atoms with E-state index in [-0.39, 0.29) is 5.78 Å². The number of benzene rings is 1. The first kappa shape index (κ1) is 12.3. The molecule has 0 spiro atoms. The quantitative estimate of drug-likeness (QED) is 0.773. The molecule has 3 heteroatoms. The highest BCUT2D eigenvalue weighted by atomic mass is 16.5. The van der Waals surface area contributed by atoms with Crippen molar-refractivity contribution in [3.05, 3.63) is 59.4 Å². The number of methoxy groups -OCH3 is 1. The van der Waals surface area contributed by atoms with E-state index in [1.165, 1.54) is 0 Å². The molecule has 0 radical (unpaired) electrons. The average Bonchev–Trinajstić information content (AvgIpc) is 2.39. The fraction of sp³-hybridized carbons (Fsp3) is 0.200. The Morgan fingerprint density at radius 1 is 1.17 bits per heavy atom. The smallest absolute Gasteiger partial charge is 0.185 e. The van der Waals surface area contributed by atoms with Crippen LogP contribution in [0.3, 0.4) is 0 Å². The fourth-order valence-corrected chi connectivity index (χ4v) is 1.72. The number of pyridine rings is 1. The number of hydrogen-bond acceptors (Lipinski definition) is 3. The van der Waals surface area contributed by atoms with Crippen LogP contribution < -0.4 is 4.74 Å². The van der Waals surface area contributed by atoms with Crippen LogP contribution >= 0.6 is 0 Å². The summed E-state index contributed by atoms with van der Waals surface area (Å²) in [4.78, 5) is 16.3. The highest BCUT2D eigenvalue weighted by Gasteiger charge is 2.08. The number of Topliss-reactive ketones (excluding diaryl/α,β-unsaturated/α-hetero) is 1.